The van der Waals surface area contributed by atoms with Crippen molar-refractivity contribution < 1.29 is 19.1 Å². The third kappa shape index (κ3) is 3.65. The highest BCUT2D eigenvalue weighted by molar-refractivity contribution is 6.56. The first-order valence-corrected chi connectivity index (χ1v) is 12.3. The topological polar surface area (TPSA) is 93.5 Å². The predicted molar refractivity (Wildman–Crippen MR) is 142 cm³/mol. The molecule has 1 fully saturated rings. The number of aromatic nitrogens is 2. The molecule has 3 aliphatic heterocycles. The van der Waals surface area contributed by atoms with Crippen molar-refractivity contribution in [3.05, 3.63) is 59.3 Å². The Labute approximate surface area is 211 Å². The van der Waals surface area contributed by atoms with Crippen molar-refractivity contribution in [2.24, 2.45) is 0 Å². The molecule has 0 aliphatic carbocycles. The lowest BCUT2D eigenvalue weighted by atomic mass is 9.49. The number of benzene rings is 2. The van der Waals surface area contributed by atoms with Crippen molar-refractivity contribution in [2.75, 3.05) is 6.61 Å². The lowest BCUT2D eigenvalue weighted by Crippen LogP contribution is -2.52. The number of hydrogen-bond donors (Lipinski definition) is 1. The fraction of sp³-hybridized carbons (Fsp3) is 0.280. The van der Waals surface area contributed by atoms with E-state index in [9.17, 15) is 14.4 Å². The Balaban J connectivity index is 1.40. The molecule has 1 atom stereocenters. The van der Waals surface area contributed by atoms with Gasteiger partial charge in [-0.15, -0.1) is 0 Å². The second-order valence-electron chi connectivity index (χ2n) is 10.7. The van der Waals surface area contributed by atoms with Crippen molar-refractivity contribution >= 4 is 41.3 Å². The van der Waals surface area contributed by atoms with E-state index in [1.165, 1.54) is 5.56 Å². The molecule has 0 spiro atoms. The third-order valence-electron chi connectivity index (χ3n) is 7.20. The van der Waals surface area contributed by atoms with E-state index in [1.54, 1.807) is 4.90 Å². The van der Waals surface area contributed by atoms with Gasteiger partial charge in [0.2, 0.25) is 11.8 Å². The molecule has 178 valence electrons. The van der Waals surface area contributed by atoms with Crippen LogP contribution in [-0.2, 0) is 27.8 Å². The number of nitrogens with one attached hydrogen (secondary N) is 1. The number of carbonyl (C=O) groups is 3. The van der Waals surface area contributed by atoms with Crippen molar-refractivity contribution in [1.82, 2.24) is 20.0 Å². The van der Waals surface area contributed by atoms with Crippen molar-refractivity contribution in [3.63, 3.8) is 0 Å². The van der Waals surface area contributed by atoms with Gasteiger partial charge in [0.15, 0.2) is 0 Å². The van der Waals surface area contributed by atoms with E-state index in [2.05, 4.69) is 41.0 Å². The van der Waals surface area contributed by atoms with Crippen LogP contribution in [0, 0.1) is 0 Å². The van der Waals surface area contributed by atoms with Gasteiger partial charge in [-0.25, -0.2) is 0 Å². The Morgan fingerprint density at radius 3 is 2.53 bits per heavy atom. The number of ether oxygens (including phenoxy) is 1. The summed E-state index contributed by atoms with van der Waals surface area (Å²) in [5.74, 6) is 0.0770. The Bertz CT molecular complexity index is 1450. The molecule has 1 saturated heterocycles. The van der Waals surface area contributed by atoms with E-state index in [1.807, 2.05) is 35.1 Å². The molecule has 2 aromatic carbocycles. The lowest BCUT2D eigenvalue weighted by Gasteiger charge is -2.29. The number of hydrogen-bond acceptors (Lipinski definition) is 5. The summed E-state index contributed by atoms with van der Waals surface area (Å²) in [5, 5.41) is 6.89. The molecule has 3 aromatic rings. The number of carbonyl (C=O) groups excluding carboxylic acids is 3. The Morgan fingerprint density at radius 2 is 1.75 bits per heavy atom. The van der Waals surface area contributed by atoms with Crippen molar-refractivity contribution in [2.45, 2.75) is 37.1 Å². The van der Waals surface area contributed by atoms with E-state index < -0.39 is 11.9 Å². The average Bonchev–Trinajstić information content (AvgIpc) is 3.55. The van der Waals surface area contributed by atoms with E-state index in [-0.39, 0.29) is 23.5 Å². The van der Waals surface area contributed by atoms with Gasteiger partial charge < -0.3 is 9.64 Å². The molecule has 1 aromatic heterocycles. The minimum absolute atomic E-state index is 0.171. The average molecular weight is 478 g/mol. The van der Waals surface area contributed by atoms with Crippen LogP contribution in [0.25, 0.3) is 22.4 Å². The Hall–Kier alpha value is -3.75. The van der Waals surface area contributed by atoms with Crippen LogP contribution in [0.4, 0.5) is 0 Å². The Kier molecular flexibility index (Phi) is 5.14. The Morgan fingerprint density at radius 1 is 0.972 bits per heavy atom. The SMILES string of the molecule is BC(B)(B)n1ncc(-c2ccc3c(c2)CN(C2CCC(=O)NC2=O)C3=O)c1-c1ccc2c(c1)CCO2. The summed E-state index contributed by atoms with van der Waals surface area (Å²) < 4.78 is 7.76. The first-order chi connectivity index (χ1) is 17.2. The predicted octanol–water partition coefficient (Wildman–Crippen LogP) is -0.620. The molecular weight excluding hydrogens is 453 g/mol. The zero-order valence-corrected chi connectivity index (χ0v) is 20.6. The van der Waals surface area contributed by atoms with Gasteiger partial charge in [-0.1, -0.05) is 6.07 Å². The minimum atomic E-state index is -0.626. The van der Waals surface area contributed by atoms with Gasteiger partial charge >= 0.3 is 0 Å². The normalized spacial score (nSPS) is 19.2. The molecule has 1 N–H and O–H groups in total. The molecule has 0 saturated carbocycles. The van der Waals surface area contributed by atoms with Crippen LogP contribution in [0.5, 0.6) is 5.75 Å². The van der Waals surface area contributed by atoms with Crippen LogP contribution >= 0.6 is 0 Å². The maximum Gasteiger partial charge on any atom is 0.255 e. The summed E-state index contributed by atoms with van der Waals surface area (Å²) in [6.07, 6.45) is 3.37. The van der Waals surface area contributed by atoms with Crippen molar-refractivity contribution in [1.29, 1.82) is 0 Å². The molecule has 4 heterocycles. The van der Waals surface area contributed by atoms with Crippen LogP contribution in [0.2, 0.25) is 0 Å². The van der Waals surface area contributed by atoms with Gasteiger partial charge in [0.05, 0.1) is 18.5 Å². The molecular formula is C25H25B3N4O4. The highest BCUT2D eigenvalue weighted by Crippen LogP contribution is 2.39. The van der Waals surface area contributed by atoms with Crippen LogP contribution in [0.1, 0.15) is 34.3 Å². The van der Waals surface area contributed by atoms with Gasteiger partial charge in [0, 0.05) is 36.1 Å². The summed E-state index contributed by atoms with van der Waals surface area (Å²) >= 11 is 0. The summed E-state index contributed by atoms with van der Waals surface area (Å²) in [6, 6.07) is 11.5. The fourth-order valence-electron chi connectivity index (χ4n) is 5.42. The third-order valence-corrected chi connectivity index (χ3v) is 7.20. The highest BCUT2D eigenvalue weighted by Gasteiger charge is 2.39. The maximum absolute atomic E-state index is 13.1. The quantitative estimate of drug-likeness (QED) is 0.399. The first kappa shape index (κ1) is 22.7. The van der Waals surface area contributed by atoms with Crippen LogP contribution in [0.3, 0.4) is 0 Å². The molecule has 8 nitrogen and oxygen atoms in total. The largest absolute Gasteiger partial charge is 0.493 e. The van der Waals surface area contributed by atoms with E-state index >= 15 is 0 Å². The second-order valence-corrected chi connectivity index (χ2v) is 10.7. The van der Waals surface area contributed by atoms with Gasteiger partial charge in [-0.05, 0) is 58.7 Å². The van der Waals surface area contributed by atoms with E-state index in [0.717, 1.165) is 40.1 Å². The summed E-state index contributed by atoms with van der Waals surface area (Å²) in [5.41, 5.74) is 6.71. The molecule has 3 aliphatic rings. The number of amides is 3. The lowest BCUT2D eigenvalue weighted by molar-refractivity contribution is -0.136. The van der Waals surface area contributed by atoms with Crippen LogP contribution in [0.15, 0.2) is 42.6 Å². The minimum Gasteiger partial charge on any atom is -0.493 e. The number of fused-ring (bicyclic) bond motifs is 2. The van der Waals surface area contributed by atoms with Gasteiger partial charge in [0.25, 0.3) is 5.91 Å². The zero-order valence-electron chi connectivity index (χ0n) is 20.6. The monoisotopic (exact) mass is 478 g/mol. The molecule has 1 unspecified atom stereocenters. The maximum atomic E-state index is 13.1. The molecule has 0 bridgehead atoms. The van der Waals surface area contributed by atoms with Gasteiger partial charge in [0.1, 0.15) is 35.3 Å². The standard InChI is InChI=1S/C25H25B3N4O4/c26-25(27,28)32-22(15-2-5-20-14(10-15)7-8-36-20)18(11-29-32)13-1-3-17-16(9-13)12-31(24(17)35)19-4-6-21(33)30-23(19)34/h1-3,5,9-11,19H,4,6-8,12,26-28H2,(H,30,33,34). The zero-order chi connectivity index (χ0) is 25.2. The molecule has 36 heavy (non-hydrogen) atoms. The molecule has 6 rings (SSSR count). The van der Waals surface area contributed by atoms with E-state index in [0.29, 0.717) is 25.1 Å². The smallest absolute Gasteiger partial charge is 0.255 e. The second kappa shape index (κ2) is 8.15. The first-order valence-electron chi connectivity index (χ1n) is 12.3. The number of nitrogens with zero attached hydrogens (tertiary/aromatic N) is 3. The summed E-state index contributed by atoms with van der Waals surface area (Å²) in [7, 11) is 6.38. The summed E-state index contributed by atoms with van der Waals surface area (Å²) in [4.78, 5) is 38.7. The molecule has 11 heteroatoms. The highest BCUT2D eigenvalue weighted by atomic mass is 16.5. The van der Waals surface area contributed by atoms with Crippen LogP contribution in [-0.4, -0.2) is 68.6 Å². The number of rotatable bonds is 4. The molecule has 3 amide bonds. The van der Waals surface area contributed by atoms with E-state index in [4.69, 9.17) is 9.84 Å². The van der Waals surface area contributed by atoms with Gasteiger partial charge in [-0.3, -0.25) is 24.4 Å². The number of imide groups is 1. The van der Waals surface area contributed by atoms with Crippen LogP contribution < -0.4 is 10.1 Å². The summed E-state index contributed by atoms with van der Waals surface area (Å²) in [6.45, 7) is 1.04. The molecule has 0 radical (unpaired) electrons. The van der Waals surface area contributed by atoms with Crippen molar-refractivity contribution in [3.8, 4) is 28.1 Å². The number of piperidine rings is 1. The fourth-order valence-corrected chi connectivity index (χ4v) is 5.42. The van der Waals surface area contributed by atoms with Gasteiger partial charge in [-0.2, -0.15) is 5.10 Å².